The van der Waals surface area contributed by atoms with E-state index in [9.17, 15) is 14.4 Å². The molecular weight excluding hydrogens is 246 g/mol. The normalized spacial score (nSPS) is 16.0. The Hall–Kier alpha value is -1.95. The molecule has 17 heavy (non-hydrogen) atoms. The molecule has 88 valence electrons. The van der Waals surface area contributed by atoms with Crippen LogP contribution in [0, 0.1) is 0 Å². The predicted octanol–water partition coefficient (Wildman–Crippen LogP) is 0.656. The minimum absolute atomic E-state index is 0.0551. The van der Waals surface area contributed by atoms with Crippen molar-refractivity contribution in [2.45, 2.75) is 6.54 Å². The van der Waals surface area contributed by atoms with Crippen LogP contribution in [0.2, 0.25) is 5.15 Å². The summed E-state index contributed by atoms with van der Waals surface area (Å²) in [6.45, 7) is -0.0551. The summed E-state index contributed by atoms with van der Waals surface area (Å²) in [5.74, 6) is -1.69. The number of carbonyl (C=O) groups is 3. The first-order valence-electron chi connectivity index (χ1n) is 4.75. The number of urea groups is 1. The maximum atomic E-state index is 11.6. The summed E-state index contributed by atoms with van der Waals surface area (Å²) in [5.41, 5.74) is 0.513. The molecule has 0 N–H and O–H groups in total. The summed E-state index contributed by atoms with van der Waals surface area (Å²) in [4.78, 5) is 39.8. The highest BCUT2D eigenvalue weighted by Crippen LogP contribution is 2.18. The number of rotatable bonds is 2. The van der Waals surface area contributed by atoms with Gasteiger partial charge in [-0.25, -0.2) is 9.78 Å². The molecule has 1 aromatic heterocycles. The molecule has 1 saturated heterocycles. The van der Waals surface area contributed by atoms with E-state index in [4.69, 9.17) is 11.6 Å². The van der Waals surface area contributed by atoms with E-state index in [1.54, 1.807) is 12.1 Å². The van der Waals surface area contributed by atoms with Gasteiger partial charge < -0.3 is 0 Å². The molecule has 1 fully saturated rings. The zero-order valence-corrected chi connectivity index (χ0v) is 9.64. The van der Waals surface area contributed by atoms with Crippen molar-refractivity contribution < 1.29 is 14.4 Å². The van der Waals surface area contributed by atoms with Crippen molar-refractivity contribution in [2.24, 2.45) is 0 Å². The molecule has 1 aliphatic rings. The van der Waals surface area contributed by atoms with Crippen LogP contribution >= 0.6 is 11.6 Å². The number of imide groups is 2. The minimum atomic E-state index is -0.850. The SMILES string of the molecule is CN1C(=O)C(=O)N(Cc2cccnc2Cl)C1=O. The molecule has 0 aliphatic carbocycles. The minimum Gasteiger partial charge on any atom is -0.263 e. The number of pyridine rings is 1. The summed E-state index contributed by atoms with van der Waals surface area (Å²) >= 11 is 5.81. The summed E-state index contributed by atoms with van der Waals surface area (Å²) in [7, 11) is 1.26. The van der Waals surface area contributed by atoms with E-state index in [0.29, 0.717) is 5.56 Å². The number of likely N-dealkylation sites (N-methyl/N-ethyl adjacent to an activating group) is 1. The van der Waals surface area contributed by atoms with Crippen molar-refractivity contribution >= 4 is 29.4 Å². The average Bonchev–Trinajstić information content (AvgIpc) is 2.50. The lowest BCUT2D eigenvalue weighted by molar-refractivity contribution is -0.143. The van der Waals surface area contributed by atoms with E-state index < -0.39 is 17.8 Å². The van der Waals surface area contributed by atoms with Crippen molar-refractivity contribution in [1.82, 2.24) is 14.8 Å². The van der Waals surface area contributed by atoms with Crippen molar-refractivity contribution in [3.63, 3.8) is 0 Å². The Morgan fingerprint density at radius 3 is 2.53 bits per heavy atom. The monoisotopic (exact) mass is 253 g/mol. The van der Waals surface area contributed by atoms with Gasteiger partial charge in [-0.3, -0.25) is 19.4 Å². The van der Waals surface area contributed by atoms with E-state index >= 15 is 0 Å². The predicted molar refractivity (Wildman–Crippen MR) is 58.0 cm³/mol. The second-order valence-electron chi connectivity index (χ2n) is 3.49. The lowest BCUT2D eigenvalue weighted by Crippen LogP contribution is -2.31. The first-order valence-corrected chi connectivity index (χ1v) is 5.13. The molecule has 1 aliphatic heterocycles. The lowest BCUT2D eigenvalue weighted by Gasteiger charge is -2.13. The van der Waals surface area contributed by atoms with Crippen LogP contribution in [-0.2, 0) is 16.1 Å². The van der Waals surface area contributed by atoms with Gasteiger partial charge in [0.15, 0.2) is 0 Å². The van der Waals surface area contributed by atoms with Crippen LogP contribution in [0.5, 0.6) is 0 Å². The van der Waals surface area contributed by atoms with Crippen LogP contribution in [0.15, 0.2) is 18.3 Å². The number of carbonyl (C=O) groups excluding carboxylic acids is 3. The van der Waals surface area contributed by atoms with Gasteiger partial charge in [-0.2, -0.15) is 0 Å². The Kier molecular flexibility index (Phi) is 2.81. The number of halogens is 1. The summed E-state index contributed by atoms with van der Waals surface area (Å²) < 4.78 is 0. The van der Waals surface area contributed by atoms with Gasteiger partial charge in [0.2, 0.25) is 0 Å². The number of hydrogen-bond acceptors (Lipinski definition) is 4. The molecule has 0 aromatic carbocycles. The van der Waals surface area contributed by atoms with E-state index in [1.165, 1.54) is 13.2 Å². The molecule has 0 saturated carbocycles. The fourth-order valence-electron chi connectivity index (χ4n) is 1.46. The smallest absolute Gasteiger partial charge is 0.263 e. The lowest BCUT2D eigenvalue weighted by atomic mass is 10.2. The van der Waals surface area contributed by atoms with Gasteiger partial charge in [0.1, 0.15) is 5.15 Å². The van der Waals surface area contributed by atoms with Crippen molar-refractivity contribution in [2.75, 3.05) is 7.05 Å². The Morgan fingerprint density at radius 1 is 1.29 bits per heavy atom. The Bertz CT molecular complexity index is 517. The zero-order chi connectivity index (χ0) is 12.6. The number of amides is 4. The third-order valence-corrected chi connectivity index (χ3v) is 2.76. The van der Waals surface area contributed by atoms with Crippen LogP contribution in [0.25, 0.3) is 0 Å². The molecule has 0 radical (unpaired) electrons. The topological polar surface area (TPSA) is 70.6 Å². The van der Waals surface area contributed by atoms with Crippen LogP contribution in [0.4, 0.5) is 4.79 Å². The van der Waals surface area contributed by atoms with Crippen molar-refractivity contribution in [3.05, 3.63) is 29.0 Å². The van der Waals surface area contributed by atoms with Crippen LogP contribution in [0.3, 0.4) is 0 Å². The molecule has 0 spiro atoms. The maximum absolute atomic E-state index is 11.6. The van der Waals surface area contributed by atoms with E-state index in [0.717, 1.165) is 9.80 Å². The molecule has 0 bridgehead atoms. The molecule has 6 nitrogen and oxygen atoms in total. The van der Waals surface area contributed by atoms with Gasteiger partial charge in [-0.15, -0.1) is 0 Å². The van der Waals surface area contributed by atoms with Crippen LogP contribution in [0.1, 0.15) is 5.56 Å². The average molecular weight is 254 g/mol. The third-order valence-electron chi connectivity index (χ3n) is 2.42. The highest BCUT2D eigenvalue weighted by Gasteiger charge is 2.42. The summed E-state index contributed by atoms with van der Waals surface area (Å²) in [6.07, 6.45) is 1.50. The van der Waals surface area contributed by atoms with Crippen LogP contribution < -0.4 is 0 Å². The third kappa shape index (κ3) is 1.87. The quantitative estimate of drug-likeness (QED) is 0.441. The Balaban J connectivity index is 2.26. The summed E-state index contributed by atoms with van der Waals surface area (Å²) in [6, 6.07) is 2.62. The Morgan fingerprint density at radius 2 is 2.00 bits per heavy atom. The maximum Gasteiger partial charge on any atom is 0.334 e. The fraction of sp³-hybridized carbons (Fsp3) is 0.200. The second-order valence-corrected chi connectivity index (χ2v) is 3.85. The second kappa shape index (κ2) is 4.14. The van der Waals surface area contributed by atoms with E-state index in [1.807, 2.05) is 0 Å². The zero-order valence-electron chi connectivity index (χ0n) is 8.88. The van der Waals surface area contributed by atoms with Crippen LogP contribution in [-0.4, -0.2) is 39.7 Å². The molecule has 2 rings (SSSR count). The standard InChI is InChI=1S/C10H8ClN3O3/c1-13-8(15)9(16)14(10(13)17)5-6-3-2-4-12-7(6)11/h2-4H,5H2,1H3. The van der Waals surface area contributed by atoms with Gasteiger partial charge in [-0.1, -0.05) is 17.7 Å². The fourth-order valence-corrected chi connectivity index (χ4v) is 1.64. The van der Waals surface area contributed by atoms with E-state index in [2.05, 4.69) is 4.98 Å². The molecule has 4 amide bonds. The number of nitrogens with zero attached hydrogens (tertiary/aromatic N) is 3. The van der Waals surface area contributed by atoms with Gasteiger partial charge >= 0.3 is 17.8 Å². The number of aromatic nitrogens is 1. The molecule has 0 atom stereocenters. The number of hydrogen-bond donors (Lipinski definition) is 0. The summed E-state index contributed by atoms with van der Waals surface area (Å²) in [5, 5.41) is 0.204. The van der Waals surface area contributed by atoms with Gasteiger partial charge in [0, 0.05) is 18.8 Å². The largest absolute Gasteiger partial charge is 0.334 e. The van der Waals surface area contributed by atoms with Crippen molar-refractivity contribution in [3.8, 4) is 0 Å². The first-order chi connectivity index (χ1) is 8.02. The van der Waals surface area contributed by atoms with Crippen molar-refractivity contribution in [1.29, 1.82) is 0 Å². The van der Waals surface area contributed by atoms with Gasteiger partial charge in [-0.05, 0) is 6.07 Å². The van der Waals surface area contributed by atoms with Gasteiger partial charge in [0.25, 0.3) is 0 Å². The molecule has 0 unspecified atom stereocenters. The molecule has 7 heteroatoms. The molecule has 2 heterocycles. The molecule has 1 aromatic rings. The van der Waals surface area contributed by atoms with E-state index in [-0.39, 0.29) is 11.7 Å². The first kappa shape index (κ1) is 11.5. The molecular formula is C10H8ClN3O3. The Labute approximate surface area is 102 Å². The highest BCUT2D eigenvalue weighted by atomic mass is 35.5. The highest BCUT2D eigenvalue weighted by molar-refractivity contribution is 6.44. The van der Waals surface area contributed by atoms with Gasteiger partial charge in [0.05, 0.1) is 6.54 Å².